The number of nitrogens with zero attached hydrogens (tertiary/aromatic N) is 1. The first-order valence-electron chi connectivity index (χ1n) is 8.09. The SMILES string of the molecule is CC1CCC(OC(=O)C2CC(C)(C)N(C)C2(C)C)CC1. The fourth-order valence-corrected chi connectivity index (χ4v) is 3.87. The predicted molar refractivity (Wildman–Crippen MR) is 81.5 cm³/mol. The van der Waals surface area contributed by atoms with E-state index in [0.717, 1.165) is 25.2 Å². The number of carbonyl (C=O) groups excluding carboxylic acids is 1. The van der Waals surface area contributed by atoms with Crippen molar-refractivity contribution in [3.63, 3.8) is 0 Å². The molecule has 0 amide bonds. The lowest BCUT2D eigenvalue weighted by molar-refractivity contribution is -0.158. The molecule has 0 N–H and O–H groups in total. The van der Waals surface area contributed by atoms with E-state index in [1.54, 1.807) is 0 Å². The summed E-state index contributed by atoms with van der Waals surface area (Å²) in [6, 6.07) is 0. The van der Waals surface area contributed by atoms with E-state index >= 15 is 0 Å². The quantitative estimate of drug-likeness (QED) is 0.724. The van der Waals surface area contributed by atoms with Crippen LogP contribution >= 0.6 is 0 Å². The molecule has 1 saturated heterocycles. The van der Waals surface area contributed by atoms with E-state index < -0.39 is 0 Å². The molecule has 1 atom stereocenters. The topological polar surface area (TPSA) is 29.5 Å². The fraction of sp³-hybridized carbons (Fsp3) is 0.941. The maximum atomic E-state index is 12.6. The van der Waals surface area contributed by atoms with Gasteiger partial charge in [-0.15, -0.1) is 0 Å². The zero-order valence-electron chi connectivity index (χ0n) is 14.0. The molecule has 0 radical (unpaired) electrons. The van der Waals surface area contributed by atoms with Crippen molar-refractivity contribution in [2.75, 3.05) is 7.05 Å². The van der Waals surface area contributed by atoms with Gasteiger partial charge in [-0.2, -0.15) is 0 Å². The smallest absolute Gasteiger partial charge is 0.311 e. The molecule has 3 heteroatoms. The number of ether oxygens (including phenoxy) is 1. The second kappa shape index (κ2) is 5.32. The Labute approximate surface area is 124 Å². The normalized spacial score (nSPS) is 36.8. The first kappa shape index (κ1) is 15.8. The Bertz CT molecular complexity index is 367. The molecule has 1 heterocycles. The van der Waals surface area contributed by atoms with Crippen molar-refractivity contribution >= 4 is 5.97 Å². The molecule has 0 bridgehead atoms. The third kappa shape index (κ3) is 2.88. The molecule has 1 aliphatic carbocycles. The van der Waals surface area contributed by atoms with E-state index in [-0.39, 0.29) is 29.1 Å². The molecule has 0 spiro atoms. The Morgan fingerprint density at radius 2 is 1.65 bits per heavy atom. The lowest BCUT2D eigenvalue weighted by atomic mass is 9.86. The summed E-state index contributed by atoms with van der Waals surface area (Å²) in [5.74, 6) is 0.798. The van der Waals surface area contributed by atoms with Crippen LogP contribution in [0.3, 0.4) is 0 Å². The van der Waals surface area contributed by atoms with Gasteiger partial charge in [-0.1, -0.05) is 6.92 Å². The van der Waals surface area contributed by atoms with Crippen molar-refractivity contribution in [1.29, 1.82) is 0 Å². The monoisotopic (exact) mass is 281 g/mol. The summed E-state index contributed by atoms with van der Waals surface area (Å²) >= 11 is 0. The summed E-state index contributed by atoms with van der Waals surface area (Å²) in [4.78, 5) is 14.9. The van der Waals surface area contributed by atoms with Gasteiger partial charge in [0.15, 0.2) is 0 Å². The number of rotatable bonds is 2. The van der Waals surface area contributed by atoms with Gasteiger partial charge in [-0.25, -0.2) is 0 Å². The van der Waals surface area contributed by atoms with Crippen LogP contribution in [-0.2, 0) is 9.53 Å². The van der Waals surface area contributed by atoms with Gasteiger partial charge in [0.2, 0.25) is 0 Å². The maximum Gasteiger partial charge on any atom is 0.311 e. The van der Waals surface area contributed by atoms with Crippen LogP contribution in [0.15, 0.2) is 0 Å². The van der Waals surface area contributed by atoms with Gasteiger partial charge in [-0.05, 0) is 72.8 Å². The summed E-state index contributed by atoms with van der Waals surface area (Å²) in [5, 5.41) is 0. The zero-order chi connectivity index (χ0) is 15.1. The Morgan fingerprint density at radius 1 is 1.10 bits per heavy atom. The van der Waals surface area contributed by atoms with Crippen LogP contribution < -0.4 is 0 Å². The van der Waals surface area contributed by atoms with E-state index in [0.29, 0.717) is 0 Å². The third-order valence-corrected chi connectivity index (χ3v) is 5.86. The highest BCUT2D eigenvalue weighted by molar-refractivity contribution is 5.75. The average Bonchev–Trinajstić information content (AvgIpc) is 2.53. The van der Waals surface area contributed by atoms with Crippen LogP contribution in [0, 0.1) is 11.8 Å². The van der Waals surface area contributed by atoms with Gasteiger partial charge < -0.3 is 4.74 Å². The van der Waals surface area contributed by atoms with Gasteiger partial charge in [0.05, 0.1) is 5.92 Å². The van der Waals surface area contributed by atoms with Gasteiger partial charge in [0.1, 0.15) is 6.10 Å². The minimum absolute atomic E-state index is 0.0122. The highest BCUT2D eigenvalue weighted by Crippen LogP contribution is 2.44. The lowest BCUT2D eigenvalue weighted by Gasteiger charge is -2.38. The van der Waals surface area contributed by atoms with Gasteiger partial charge in [0.25, 0.3) is 0 Å². The van der Waals surface area contributed by atoms with Gasteiger partial charge >= 0.3 is 5.97 Å². The van der Waals surface area contributed by atoms with Crippen molar-refractivity contribution in [3.05, 3.63) is 0 Å². The van der Waals surface area contributed by atoms with E-state index in [4.69, 9.17) is 4.74 Å². The molecular weight excluding hydrogens is 250 g/mol. The number of carbonyl (C=O) groups is 1. The molecule has 1 unspecified atom stereocenters. The molecule has 0 aromatic carbocycles. The Hall–Kier alpha value is -0.570. The van der Waals surface area contributed by atoms with Crippen LogP contribution in [0.4, 0.5) is 0 Å². The molecule has 0 aromatic heterocycles. The second-order valence-electron chi connectivity index (χ2n) is 8.10. The maximum absolute atomic E-state index is 12.6. The fourth-order valence-electron chi connectivity index (χ4n) is 3.87. The van der Waals surface area contributed by atoms with E-state index in [2.05, 4.69) is 46.6 Å². The summed E-state index contributed by atoms with van der Waals surface area (Å²) in [6.45, 7) is 11.0. The summed E-state index contributed by atoms with van der Waals surface area (Å²) < 4.78 is 5.84. The summed E-state index contributed by atoms with van der Waals surface area (Å²) in [5.41, 5.74) is -0.0587. The number of hydrogen-bond donors (Lipinski definition) is 0. The Kier molecular flexibility index (Phi) is 4.21. The molecule has 3 nitrogen and oxygen atoms in total. The highest BCUT2D eigenvalue weighted by Gasteiger charge is 2.53. The van der Waals surface area contributed by atoms with Crippen molar-refractivity contribution in [1.82, 2.24) is 4.90 Å². The molecular formula is C17H31NO2. The third-order valence-electron chi connectivity index (χ3n) is 5.86. The van der Waals surface area contributed by atoms with Crippen LogP contribution in [0.2, 0.25) is 0 Å². The van der Waals surface area contributed by atoms with E-state index in [1.807, 2.05) is 0 Å². The zero-order valence-corrected chi connectivity index (χ0v) is 14.0. The predicted octanol–water partition coefficient (Wildman–Crippen LogP) is 3.62. The molecule has 1 saturated carbocycles. The van der Waals surface area contributed by atoms with Crippen molar-refractivity contribution in [2.24, 2.45) is 11.8 Å². The lowest BCUT2D eigenvalue weighted by Crippen LogP contribution is -2.48. The number of hydrogen-bond acceptors (Lipinski definition) is 3. The molecule has 2 fully saturated rings. The number of esters is 1. The van der Waals surface area contributed by atoms with Gasteiger partial charge in [0, 0.05) is 11.1 Å². The van der Waals surface area contributed by atoms with Crippen molar-refractivity contribution in [3.8, 4) is 0 Å². The summed E-state index contributed by atoms with van der Waals surface area (Å²) in [7, 11) is 2.12. The van der Waals surface area contributed by atoms with E-state index in [9.17, 15) is 4.79 Å². The van der Waals surface area contributed by atoms with E-state index in [1.165, 1.54) is 12.8 Å². The summed E-state index contributed by atoms with van der Waals surface area (Å²) in [6.07, 6.45) is 5.51. The minimum Gasteiger partial charge on any atom is -0.462 e. The Balaban J connectivity index is 1.99. The first-order chi connectivity index (χ1) is 9.14. The Morgan fingerprint density at radius 3 is 2.10 bits per heavy atom. The van der Waals surface area contributed by atoms with Crippen LogP contribution in [-0.4, -0.2) is 35.1 Å². The molecule has 0 aromatic rings. The van der Waals surface area contributed by atoms with Crippen LogP contribution in [0.1, 0.15) is 66.7 Å². The minimum atomic E-state index is -0.122. The second-order valence-corrected chi connectivity index (χ2v) is 8.10. The van der Waals surface area contributed by atoms with Crippen molar-refractivity contribution < 1.29 is 9.53 Å². The first-order valence-corrected chi connectivity index (χ1v) is 8.09. The molecule has 2 rings (SSSR count). The van der Waals surface area contributed by atoms with Gasteiger partial charge in [-0.3, -0.25) is 9.69 Å². The largest absolute Gasteiger partial charge is 0.462 e. The molecule has 116 valence electrons. The molecule has 2 aliphatic rings. The van der Waals surface area contributed by atoms with Crippen LogP contribution in [0.5, 0.6) is 0 Å². The highest BCUT2D eigenvalue weighted by atomic mass is 16.5. The average molecular weight is 281 g/mol. The number of likely N-dealkylation sites (tertiary alicyclic amines) is 1. The van der Waals surface area contributed by atoms with Crippen LogP contribution in [0.25, 0.3) is 0 Å². The molecule has 20 heavy (non-hydrogen) atoms. The van der Waals surface area contributed by atoms with Crippen molar-refractivity contribution in [2.45, 2.75) is 83.9 Å². The standard InChI is InChI=1S/C17H31NO2/c1-12-7-9-13(10-8-12)20-15(19)14-11-16(2,3)18(6)17(14,4)5/h12-14H,7-11H2,1-6H3. The molecule has 1 aliphatic heterocycles.